The standard InChI is InChI=1S/C19H20F2N6O2/c1-3-23-17-11(8-22)9-24-19(26-17)25-15-7-14(21)13(6-16(15)29-2)18(28)27-5-4-12(20)10-27/h6-7,9,12H,3-5,10H2,1-2H3,(H2,23,24,25,26). The monoisotopic (exact) mass is 402 g/mol. The number of nitrogens with one attached hydrogen (secondary N) is 2. The van der Waals surface area contributed by atoms with Gasteiger partial charge in [-0.15, -0.1) is 0 Å². The smallest absolute Gasteiger partial charge is 0.257 e. The highest BCUT2D eigenvalue weighted by Crippen LogP contribution is 2.31. The van der Waals surface area contributed by atoms with Crippen LogP contribution in [-0.2, 0) is 0 Å². The van der Waals surface area contributed by atoms with Crippen LogP contribution < -0.4 is 15.4 Å². The number of carbonyl (C=O) groups is 1. The number of benzene rings is 1. The zero-order chi connectivity index (χ0) is 21.0. The summed E-state index contributed by atoms with van der Waals surface area (Å²) >= 11 is 0. The number of carbonyl (C=O) groups excluding carboxylic acids is 1. The first kappa shape index (κ1) is 20.3. The topological polar surface area (TPSA) is 103 Å². The number of hydrogen-bond acceptors (Lipinski definition) is 7. The molecule has 2 aromatic rings. The van der Waals surface area contributed by atoms with Crippen molar-refractivity contribution in [2.24, 2.45) is 0 Å². The Morgan fingerprint density at radius 3 is 2.90 bits per heavy atom. The third-order valence-electron chi connectivity index (χ3n) is 4.44. The van der Waals surface area contributed by atoms with Crippen LogP contribution in [0.5, 0.6) is 5.75 Å². The van der Waals surface area contributed by atoms with Crippen LogP contribution in [0.25, 0.3) is 0 Å². The van der Waals surface area contributed by atoms with Gasteiger partial charge in [-0.1, -0.05) is 0 Å². The van der Waals surface area contributed by atoms with E-state index < -0.39 is 17.9 Å². The molecular weight excluding hydrogens is 382 g/mol. The lowest BCUT2D eigenvalue weighted by molar-refractivity contribution is 0.0778. The fourth-order valence-electron chi connectivity index (χ4n) is 3.00. The Morgan fingerprint density at radius 1 is 1.48 bits per heavy atom. The second-order valence-electron chi connectivity index (χ2n) is 6.39. The highest BCUT2D eigenvalue weighted by molar-refractivity contribution is 5.96. The van der Waals surface area contributed by atoms with Crippen molar-refractivity contribution in [3.05, 3.63) is 35.3 Å². The first-order valence-electron chi connectivity index (χ1n) is 9.05. The molecular formula is C19H20F2N6O2. The third kappa shape index (κ3) is 4.34. The van der Waals surface area contributed by atoms with E-state index in [2.05, 4.69) is 20.6 Å². The highest BCUT2D eigenvalue weighted by Gasteiger charge is 2.29. The molecule has 0 spiro atoms. The van der Waals surface area contributed by atoms with Crippen molar-refractivity contribution < 1.29 is 18.3 Å². The van der Waals surface area contributed by atoms with E-state index in [0.29, 0.717) is 12.4 Å². The zero-order valence-electron chi connectivity index (χ0n) is 16.0. The van der Waals surface area contributed by atoms with Crippen molar-refractivity contribution in [1.29, 1.82) is 5.26 Å². The summed E-state index contributed by atoms with van der Waals surface area (Å²) < 4.78 is 33.3. The van der Waals surface area contributed by atoms with E-state index in [4.69, 9.17) is 10.00 Å². The lowest BCUT2D eigenvalue weighted by Gasteiger charge is -2.18. The van der Waals surface area contributed by atoms with Crippen LogP contribution in [0.4, 0.5) is 26.2 Å². The van der Waals surface area contributed by atoms with Gasteiger partial charge < -0.3 is 20.3 Å². The van der Waals surface area contributed by atoms with Crippen molar-refractivity contribution >= 4 is 23.4 Å². The number of alkyl halides is 1. The Labute approximate surface area is 166 Å². The summed E-state index contributed by atoms with van der Waals surface area (Å²) in [5, 5.41) is 14.9. The van der Waals surface area contributed by atoms with Crippen molar-refractivity contribution in [2.45, 2.75) is 19.5 Å². The van der Waals surface area contributed by atoms with Gasteiger partial charge in [-0.2, -0.15) is 10.2 Å². The number of rotatable bonds is 6. The highest BCUT2D eigenvalue weighted by atomic mass is 19.1. The number of anilines is 3. The molecule has 0 aliphatic carbocycles. The molecule has 3 rings (SSSR count). The minimum Gasteiger partial charge on any atom is -0.495 e. The van der Waals surface area contributed by atoms with Gasteiger partial charge in [0, 0.05) is 19.2 Å². The van der Waals surface area contributed by atoms with Crippen LogP contribution in [-0.4, -0.2) is 53.7 Å². The van der Waals surface area contributed by atoms with Gasteiger partial charge in [-0.25, -0.2) is 13.8 Å². The molecule has 1 aliphatic heterocycles. The molecule has 1 aromatic carbocycles. The van der Waals surface area contributed by atoms with Gasteiger partial charge in [0.25, 0.3) is 5.91 Å². The van der Waals surface area contributed by atoms with Crippen LogP contribution in [0.2, 0.25) is 0 Å². The van der Waals surface area contributed by atoms with Crippen molar-refractivity contribution in [1.82, 2.24) is 14.9 Å². The Morgan fingerprint density at radius 2 is 2.28 bits per heavy atom. The Bertz CT molecular complexity index is 962. The fraction of sp³-hybridized carbons (Fsp3) is 0.368. The molecule has 29 heavy (non-hydrogen) atoms. The predicted octanol–water partition coefficient (Wildman–Crippen LogP) is 2.86. The van der Waals surface area contributed by atoms with Gasteiger partial charge in [-0.05, 0) is 19.4 Å². The number of amides is 1. The summed E-state index contributed by atoms with van der Waals surface area (Å²) in [6.07, 6.45) is 0.493. The summed E-state index contributed by atoms with van der Waals surface area (Å²) in [6.45, 7) is 2.60. The number of methoxy groups -OCH3 is 1. The fourth-order valence-corrected chi connectivity index (χ4v) is 3.00. The molecule has 1 unspecified atom stereocenters. The van der Waals surface area contributed by atoms with E-state index in [0.717, 1.165) is 6.07 Å². The van der Waals surface area contributed by atoms with Crippen LogP contribution >= 0.6 is 0 Å². The zero-order valence-corrected chi connectivity index (χ0v) is 16.0. The number of hydrogen-bond donors (Lipinski definition) is 2. The van der Waals surface area contributed by atoms with Crippen LogP contribution in [0.3, 0.4) is 0 Å². The maximum atomic E-state index is 14.7. The van der Waals surface area contributed by atoms with Crippen molar-refractivity contribution in [3.8, 4) is 11.8 Å². The third-order valence-corrected chi connectivity index (χ3v) is 4.44. The molecule has 0 bridgehead atoms. The lowest BCUT2D eigenvalue weighted by Crippen LogP contribution is -2.29. The average Bonchev–Trinajstić information content (AvgIpc) is 3.14. The molecule has 1 fully saturated rings. The number of ether oxygens (including phenoxy) is 1. The molecule has 1 aromatic heterocycles. The van der Waals surface area contributed by atoms with E-state index in [1.54, 1.807) is 0 Å². The van der Waals surface area contributed by atoms with Gasteiger partial charge in [-0.3, -0.25) is 4.79 Å². The van der Waals surface area contributed by atoms with Gasteiger partial charge >= 0.3 is 0 Å². The number of likely N-dealkylation sites (tertiary alicyclic amines) is 1. The van der Waals surface area contributed by atoms with Gasteiger partial charge in [0.1, 0.15) is 35.2 Å². The van der Waals surface area contributed by atoms with Crippen LogP contribution in [0, 0.1) is 17.1 Å². The van der Waals surface area contributed by atoms with Gasteiger partial charge in [0.2, 0.25) is 5.95 Å². The quantitative estimate of drug-likeness (QED) is 0.766. The average molecular weight is 402 g/mol. The molecule has 0 radical (unpaired) electrons. The first-order chi connectivity index (χ1) is 14.0. The predicted molar refractivity (Wildman–Crippen MR) is 103 cm³/mol. The molecule has 152 valence electrons. The molecule has 2 N–H and O–H groups in total. The molecule has 1 amide bonds. The summed E-state index contributed by atoms with van der Waals surface area (Å²) in [5.74, 6) is -0.702. The van der Waals surface area contributed by atoms with Crippen molar-refractivity contribution in [3.63, 3.8) is 0 Å². The number of aromatic nitrogens is 2. The molecule has 10 heteroatoms. The van der Waals surface area contributed by atoms with E-state index in [1.807, 2.05) is 13.0 Å². The summed E-state index contributed by atoms with van der Waals surface area (Å²) in [6, 6.07) is 4.35. The normalized spacial score (nSPS) is 15.7. The van der Waals surface area contributed by atoms with E-state index in [-0.39, 0.29) is 48.0 Å². The van der Waals surface area contributed by atoms with Gasteiger partial charge in [0.15, 0.2) is 0 Å². The first-order valence-corrected chi connectivity index (χ1v) is 9.05. The number of nitrogens with zero attached hydrogens (tertiary/aromatic N) is 4. The Balaban J connectivity index is 1.89. The minimum atomic E-state index is -1.09. The lowest BCUT2D eigenvalue weighted by atomic mass is 10.1. The second-order valence-corrected chi connectivity index (χ2v) is 6.39. The van der Waals surface area contributed by atoms with Crippen LogP contribution in [0.1, 0.15) is 29.3 Å². The second kappa shape index (κ2) is 8.68. The SMILES string of the molecule is CCNc1nc(Nc2cc(F)c(C(=O)N3CCC(F)C3)cc2OC)ncc1C#N. The number of nitriles is 1. The summed E-state index contributed by atoms with van der Waals surface area (Å²) in [5.41, 5.74) is 0.280. The largest absolute Gasteiger partial charge is 0.495 e. The minimum absolute atomic E-state index is 0.0487. The summed E-state index contributed by atoms with van der Waals surface area (Å²) in [7, 11) is 1.38. The summed E-state index contributed by atoms with van der Waals surface area (Å²) in [4.78, 5) is 22.1. The maximum Gasteiger partial charge on any atom is 0.257 e. The molecule has 2 heterocycles. The maximum absolute atomic E-state index is 14.7. The Kier molecular flexibility index (Phi) is 6.07. The van der Waals surface area contributed by atoms with Crippen LogP contribution in [0.15, 0.2) is 18.3 Å². The van der Waals surface area contributed by atoms with Gasteiger partial charge in [0.05, 0.1) is 31.1 Å². The Hall–Kier alpha value is -3.48. The van der Waals surface area contributed by atoms with E-state index in [1.165, 1.54) is 24.3 Å². The molecule has 0 saturated carbocycles. The molecule has 1 saturated heterocycles. The molecule has 1 atom stereocenters. The number of halogens is 2. The van der Waals surface area contributed by atoms with E-state index >= 15 is 0 Å². The van der Waals surface area contributed by atoms with Crippen molar-refractivity contribution in [2.75, 3.05) is 37.4 Å². The van der Waals surface area contributed by atoms with E-state index in [9.17, 15) is 13.6 Å². The molecule has 1 aliphatic rings. The molecule has 8 nitrogen and oxygen atoms in total.